The van der Waals surface area contributed by atoms with Crippen LogP contribution < -0.4 is 10.2 Å². The number of aryl methyl sites for hydroxylation is 1. The summed E-state index contributed by atoms with van der Waals surface area (Å²) in [5.74, 6) is -1.66. The van der Waals surface area contributed by atoms with Gasteiger partial charge in [0.1, 0.15) is 5.92 Å². The molecule has 1 unspecified atom stereocenters. The maximum Gasteiger partial charge on any atom is 0.303 e. The summed E-state index contributed by atoms with van der Waals surface area (Å²) in [5, 5.41) is 12.0. The van der Waals surface area contributed by atoms with Crippen molar-refractivity contribution in [3.05, 3.63) is 87.9 Å². The van der Waals surface area contributed by atoms with Crippen molar-refractivity contribution in [3.63, 3.8) is 0 Å². The minimum absolute atomic E-state index is 0.0275. The van der Waals surface area contributed by atoms with Crippen LogP contribution in [0.5, 0.6) is 0 Å². The predicted molar refractivity (Wildman–Crippen MR) is 153 cm³/mol. The van der Waals surface area contributed by atoms with E-state index in [2.05, 4.69) is 21.2 Å². The van der Waals surface area contributed by atoms with Gasteiger partial charge in [-0.3, -0.25) is 19.4 Å². The Hall–Kier alpha value is -3.82. The molecule has 0 spiro atoms. The highest BCUT2D eigenvalue weighted by atomic mass is 79.9. The van der Waals surface area contributed by atoms with Gasteiger partial charge in [-0.15, -0.1) is 0 Å². The van der Waals surface area contributed by atoms with Crippen molar-refractivity contribution >= 4 is 56.5 Å². The van der Waals surface area contributed by atoms with Gasteiger partial charge in [-0.05, 0) is 73.6 Å². The Kier molecular flexibility index (Phi) is 8.38. The van der Waals surface area contributed by atoms with E-state index in [1.807, 2.05) is 85.7 Å². The van der Waals surface area contributed by atoms with E-state index in [1.54, 1.807) is 11.9 Å². The number of nitrogens with one attached hydrogen (secondary N) is 1. The third kappa shape index (κ3) is 6.35. The Morgan fingerprint density at radius 1 is 1.00 bits per heavy atom. The fraction of sp³-hybridized carbons (Fsp3) is 0.241. The molecule has 8 nitrogen and oxygen atoms in total. The molecule has 0 radical (unpaired) electrons. The monoisotopic (exact) mass is 576 g/mol. The number of carboxylic acids is 1. The fourth-order valence-electron chi connectivity index (χ4n) is 4.31. The molecule has 0 bridgehead atoms. The third-order valence-electron chi connectivity index (χ3n) is 6.31. The van der Waals surface area contributed by atoms with Crippen molar-refractivity contribution in [3.8, 4) is 0 Å². The summed E-state index contributed by atoms with van der Waals surface area (Å²) in [7, 11) is 5.43. The zero-order valence-electron chi connectivity index (χ0n) is 21.4. The number of carbonyl (C=O) groups is 3. The van der Waals surface area contributed by atoms with Crippen LogP contribution in [0.2, 0.25) is 0 Å². The Bertz CT molecular complexity index is 1380. The first-order chi connectivity index (χ1) is 18.1. The minimum Gasteiger partial charge on any atom is -0.481 e. The molecule has 1 aliphatic rings. The standard InChI is InChI=1S/C29H29BrN4O4/c1-33(2)17-25(35)34(3)22-12-10-21(11-13-22)31-28(19-7-4-18(5-8-19)6-15-26(36)37)27-23-14-9-20(30)16-24(23)32-29(27)38/h4-5,7-14,16,27H,6,15,17H2,1-3H3,(H,32,38)(H,36,37). The van der Waals surface area contributed by atoms with Crippen molar-refractivity contribution < 1.29 is 19.5 Å². The molecular weight excluding hydrogens is 548 g/mol. The number of fused-ring (bicyclic) bond motifs is 1. The second-order valence-electron chi connectivity index (χ2n) is 9.45. The lowest BCUT2D eigenvalue weighted by Crippen LogP contribution is -2.34. The van der Waals surface area contributed by atoms with Crippen LogP contribution in [-0.2, 0) is 20.8 Å². The van der Waals surface area contributed by atoms with Gasteiger partial charge >= 0.3 is 5.97 Å². The zero-order chi connectivity index (χ0) is 27.4. The zero-order valence-corrected chi connectivity index (χ0v) is 23.0. The summed E-state index contributed by atoms with van der Waals surface area (Å²) in [4.78, 5) is 44.9. The van der Waals surface area contributed by atoms with Gasteiger partial charge in [-0.1, -0.05) is 46.3 Å². The number of rotatable bonds is 9. The van der Waals surface area contributed by atoms with E-state index in [9.17, 15) is 14.4 Å². The van der Waals surface area contributed by atoms with E-state index in [4.69, 9.17) is 10.1 Å². The highest BCUT2D eigenvalue weighted by Gasteiger charge is 2.35. The third-order valence-corrected chi connectivity index (χ3v) is 6.80. The van der Waals surface area contributed by atoms with Crippen molar-refractivity contribution in [2.45, 2.75) is 18.8 Å². The summed E-state index contributed by atoms with van der Waals surface area (Å²) in [6, 6.07) is 20.5. The molecule has 2 amide bonds. The van der Waals surface area contributed by atoms with E-state index < -0.39 is 11.9 Å². The average molecular weight is 577 g/mol. The topological polar surface area (TPSA) is 102 Å². The number of hydrogen-bond acceptors (Lipinski definition) is 5. The summed E-state index contributed by atoms with van der Waals surface area (Å²) < 4.78 is 0.863. The van der Waals surface area contributed by atoms with E-state index in [1.165, 1.54) is 0 Å². The number of aliphatic imine (C=N–C) groups is 1. The van der Waals surface area contributed by atoms with Gasteiger partial charge in [-0.2, -0.15) is 0 Å². The summed E-state index contributed by atoms with van der Waals surface area (Å²) >= 11 is 3.46. The molecule has 4 rings (SSSR count). The number of halogens is 1. The maximum absolute atomic E-state index is 13.2. The Morgan fingerprint density at radius 3 is 2.32 bits per heavy atom. The number of hydrogen-bond donors (Lipinski definition) is 2. The van der Waals surface area contributed by atoms with Gasteiger partial charge in [0, 0.05) is 29.3 Å². The van der Waals surface area contributed by atoms with Crippen LogP contribution >= 0.6 is 15.9 Å². The molecule has 0 fully saturated rings. The lowest BCUT2D eigenvalue weighted by Gasteiger charge is -2.20. The molecule has 9 heteroatoms. The van der Waals surface area contributed by atoms with Crippen LogP contribution in [0, 0.1) is 0 Å². The van der Waals surface area contributed by atoms with E-state index in [0.717, 1.165) is 32.5 Å². The van der Waals surface area contributed by atoms with Crippen molar-refractivity contribution in [2.75, 3.05) is 37.9 Å². The molecule has 0 aliphatic carbocycles. The van der Waals surface area contributed by atoms with Crippen LogP contribution in [0.25, 0.3) is 0 Å². The lowest BCUT2D eigenvalue weighted by atomic mass is 9.90. The number of carboxylic acid groups (broad SMARTS) is 1. The second-order valence-corrected chi connectivity index (χ2v) is 10.4. The van der Waals surface area contributed by atoms with Crippen LogP contribution in [0.3, 0.4) is 0 Å². The summed E-state index contributed by atoms with van der Waals surface area (Å²) in [6.45, 7) is 0.301. The smallest absolute Gasteiger partial charge is 0.303 e. The number of carbonyl (C=O) groups excluding carboxylic acids is 2. The highest BCUT2D eigenvalue weighted by Crippen LogP contribution is 2.38. The molecule has 1 atom stereocenters. The number of anilines is 2. The first-order valence-electron chi connectivity index (χ1n) is 12.1. The van der Waals surface area contributed by atoms with Crippen LogP contribution in [0.15, 0.2) is 76.2 Å². The molecule has 196 valence electrons. The van der Waals surface area contributed by atoms with E-state index in [0.29, 0.717) is 24.4 Å². The summed E-state index contributed by atoms with van der Waals surface area (Å²) in [5.41, 5.74) is 5.19. The van der Waals surface area contributed by atoms with Crippen LogP contribution in [-0.4, -0.2) is 61.2 Å². The van der Waals surface area contributed by atoms with Gasteiger partial charge in [0.2, 0.25) is 11.8 Å². The minimum atomic E-state index is -0.848. The normalized spacial score (nSPS) is 14.8. The predicted octanol–water partition coefficient (Wildman–Crippen LogP) is 4.85. The fourth-order valence-corrected chi connectivity index (χ4v) is 4.67. The molecule has 2 N–H and O–H groups in total. The highest BCUT2D eigenvalue weighted by molar-refractivity contribution is 9.10. The molecule has 0 saturated heterocycles. The van der Waals surface area contributed by atoms with Gasteiger partial charge in [0.15, 0.2) is 0 Å². The van der Waals surface area contributed by atoms with Crippen molar-refractivity contribution in [1.29, 1.82) is 0 Å². The first kappa shape index (κ1) is 27.2. The molecular formula is C29H29BrN4O4. The summed E-state index contributed by atoms with van der Waals surface area (Å²) in [6.07, 6.45) is 0.468. The van der Waals surface area contributed by atoms with Gasteiger partial charge in [-0.25, -0.2) is 0 Å². The second kappa shape index (κ2) is 11.7. The quantitative estimate of drug-likeness (QED) is 0.354. The Labute approximate surface area is 230 Å². The maximum atomic E-state index is 13.2. The van der Waals surface area contributed by atoms with Gasteiger partial charge < -0.3 is 20.2 Å². The lowest BCUT2D eigenvalue weighted by molar-refractivity contribution is -0.137. The first-order valence-corrected chi connectivity index (χ1v) is 12.9. The Balaban J connectivity index is 1.70. The van der Waals surface area contributed by atoms with Gasteiger partial charge in [0.25, 0.3) is 0 Å². The number of aliphatic carboxylic acids is 1. The van der Waals surface area contributed by atoms with Crippen molar-refractivity contribution in [1.82, 2.24) is 4.90 Å². The molecule has 0 saturated carbocycles. The molecule has 1 heterocycles. The molecule has 38 heavy (non-hydrogen) atoms. The number of nitrogens with zero attached hydrogens (tertiary/aromatic N) is 3. The average Bonchev–Trinajstić information content (AvgIpc) is 3.20. The largest absolute Gasteiger partial charge is 0.481 e. The van der Waals surface area contributed by atoms with Crippen LogP contribution in [0.4, 0.5) is 17.1 Å². The number of benzene rings is 3. The van der Waals surface area contributed by atoms with Gasteiger partial charge in [0.05, 0.1) is 17.9 Å². The molecule has 1 aliphatic heterocycles. The Morgan fingerprint density at radius 2 is 1.68 bits per heavy atom. The van der Waals surface area contributed by atoms with Crippen molar-refractivity contribution in [2.24, 2.45) is 4.99 Å². The molecule has 3 aromatic rings. The molecule has 0 aromatic heterocycles. The number of likely N-dealkylation sites (N-methyl/N-ethyl adjacent to an activating group) is 2. The number of amides is 2. The van der Waals surface area contributed by atoms with Crippen LogP contribution in [0.1, 0.15) is 29.0 Å². The van der Waals surface area contributed by atoms with E-state index in [-0.39, 0.29) is 18.2 Å². The SMILES string of the molecule is CN(C)CC(=O)N(C)c1ccc(N=C(c2ccc(CCC(=O)O)cc2)C2C(=O)Nc3cc(Br)ccc32)cc1. The van der Waals surface area contributed by atoms with E-state index >= 15 is 0 Å². The molecule has 3 aromatic carbocycles.